The SMILES string of the molecule is C=CCN(Cc1ccccc1)C(=O)[C@H]1[C@H]2C(=O)N(CCCCCCO)C(C(=O)N(CC=C)c3ccc(OC)cc3)C23CC[C@]1(C)S3. The van der Waals surface area contributed by atoms with Gasteiger partial charge >= 0.3 is 0 Å². The Balaban J connectivity index is 1.52. The average Bonchev–Trinajstić information content (AvgIpc) is 3.63. The molecule has 0 saturated carbocycles. The van der Waals surface area contributed by atoms with Crippen LogP contribution in [0.4, 0.5) is 5.69 Å². The summed E-state index contributed by atoms with van der Waals surface area (Å²) in [6, 6.07) is 16.5. The van der Waals surface area contributed by atoms with Crippen molar-refractivity contribution in [3.8, 4) is 5.75 Å². The lowest BCUT2D eigenvalue weighted by atomic mass is 9.66. The number of thioether (sulfide) groups is 1. The summed E-state index contributed by atoms with van der Waals surface area (Å²) in [6.45, 7) is 11.6. The number of likely N-dealkylation sites (tertiary alicyclic amines) is 1. The number of amides is 3. The molecule has 9 heteroatoms. The van der Waals surface area contributed by atoms with Gasteiger partial charge in [0.15, 0.2) is 0 Å². The predicted molar refractivity (Wildman–Crippen MR) is 184 cm³/mol. The van der Waals surface area contributed by atoms with Gasteiger partial charge in [-0.2, -0.15) is 0 Å². The lowest BCUT2D eigenvalue weighted by molar-refractivity contribution is -0.145. The van der Waals surface area contributed by atoms with Gasteiger partial charge in [-0.15, -0.1) is 24.9 Å². The molecule has 246 valence electrons. The molecule has 0 radical (unpaired) electrons. The number of anilines is 1. The fourth-order valence-electron chi connectivity index (χ4n) is 7.82. The second kappa shape index (κ2) is 14.5. The number of carbonyl (C=O) groups excluding carboxylic acids is 3. The summed E-state index contributed by atoms with van der Waals surface area (Å²) >= 11 is 1.70. The number of hydrogen-bond acceptors (Lipinski definition) is 6. The maximum atomic E-state index is 14.9. The Morgan fingerprint density at radius 3 is 2.35 bits per heavy atom. The third-order valence-electron chi connectivity index (χ3n) is 9.92. The van der Waals surface area contributed by atoms with Crippen LogP contribution in [0.2, 0.25) is 0 Å². The number of methoxy groups -OCH3 is 1. The van der Waals surface area contributed by atoms with Crippen molar-refractivity contribution in [3.05, 3.63) is 85.5 Å². The van der Waals surface area contributed by atoms with Crippen molar-refractivity contribution in [3.63, 3.8) is 0 Å². The van der Waals surface area contributed by atoms with E-state index in [0.717, 1.165) is 31.2 Å². The van der Waals surface area contributed by atoms with E-state index in [9.17, 15) is 19.5 Å². The molecule has 2 aromatic rings. The normalized spacial score (nSPS) is 26.1. The second-order valence-electron chi connectivity index (χ2n) is 12.8. The van der Waals surface area contributed by atoms with Gasteiger partial charge in [-0.3, -0.25) is 14.4 Å². The number of benzene rings is 2. The first-order valence-electron chi connectivity index (χ1n) is 16.4. The quantitative estimate of drug-likeness (QED) is 0.193. The Kier molecular flexibility index (Phi) is 10.6. The van der Waals surface area contributed by atoms with Gasteiger partial charge in [0, 0.05) is 43.2 Å². The molecule has 46 heavy (non-hydrogen) atoms. The zero-order chi connectivity index (χ0) is 32.9. The Labute approximate surface area is 277 Å². The Hall–Kier alpha value is -3.56. The highest BCUT2D eigenvalue weighted by atomic mass is 32.2. The minimum Gasteiger partial charge on any atom is -0.497 e. The summed E-state index contributed by atoms with van der Waals surface area (Å²) in [7, 11) is 1.60. The molecule has 1 N–H and O–H groups in total. The van der Waals surface area contributed by atoms with Crippen LogP contribution in [-0.2, 0) is 20.9 Å². The lowest BCUT2D eigenvalue weighted by Gasteiger charge is -2.38. The fraction of sp³-hybridized carbons (Fsp3) is 0.486. The summed E-state index contributed by atoms with van der Waals surface area (Å²) in [4.78, 5) is 49.5. The highest BCUT2D eigenvalue weighted by Crippen LogP contribution is 2.71. The first-order valence-corrected chi connectivity index (χ1v) is 17.2. The average molecular weight is 646 g/mol. The number of rotatable bonds is 16. The van der Waals surface area contributed by atoms with Crippen LogP contribution in [0.15, 0.2) is 79.9 Å². The molecular formula is C37H47N3O5S. The number of hydrogen-bond donors (Lipinski definition) is 1. The van der Waals surface area contributed by atoms with Crippen molar-refractivity contribution >= 4 is 35.2 Å². The molecule has 2 unspecified atom stereocenters. The van der Waals surface area contributed by atoms with Crippen molar-refractivity contribution in [1.82, 2.24) is 9.80 Å². The molecule has 0 aliphatic carbocycles. The monoisotopic (exact) mass is 645 g/mol. The zero-order valence-corrected chi connectivity index (χ0v) is 27.9. The van der Waals surface area contributed by atoms with Crippen molar-refractivity contribution in [1.29, 1.82) is 0 Å². The summed E-state index contributed by atoms with van der Waals surface area (Å²) in [6.07, 6.45) is 8.01. The van der Waals surface area contributed by atoms with E-state index in [1.165, 1.54) is 0 Å². The van der Waals surface area contributed by atoms with E-state index in [1.54, 1.807) is 40.8 Å². The third kappa shape index (κ3) is 6.24. The number of aliphatic hydroxyl groups is 1. The van der Waals surface area contributed by atoms with Crippen LogP contribution < -0.4 is 9.64 Å². The topological polar surface area (TPSA) is 90.4 Å². The minimum absolute atomic E-state index is 0.0484. The molecular weight excluding hydrogens is 598 g/mol. The predicted octanol–water partition coefficient (Wildman–Crippen LogP) is 5.46. The first-order chi connectivity index (χ1) is 22.2. The van der Waals surface area contributed by atoms with E-state index in [1.807, 2.05) is 59.5 Å². The lowest BCUT2D eigenvalue weighted by Crippen LogP contribution is -2.55. The summed E-state index contributed by atoms with van der Waals surface area (Å²) in [5, 5.41) is 9.27. The molecule has 3 aliphatic rings. The van der Waals surface area contributed by atoms with Gasteiger partial charge in [0.1, 0.15) is 11.8 Å². The van der Waals surface area contributed by atoms with E-state index in [2.05, 4.69) is 20.1 Å². The molecule has 1 spiro atoms. The van der Waals surface area contributed by atoms with Crippen molar-refractivity contribution < 1.29 is 24.2 Å². The van der Waals surface area contributed by atoms with Gasteiger partial charge in [0.05, 0.1) is 23.7 Å². The number of ether oxygens (including phenoxy) is 1. The summed E-state index contributed by atoms with van der Waals surface area (Å²) < 4.78 is 4.16. The smallest absolute Gasteiger partial charge is 0.251 e. The van der Waals surface area contributed by atoms with Crippen LogP contribution in [0, 0.1) is 11.8 Å². The van der Waals surface area contributed by atoms with Crippen LogP contribution in [0.1, 0.15) is 51.0 Å². The van der Waals surface area contributed by atoms with E-state index < -0.39 is 27.4 Å². The van der Waals surface area contributed by atoms with Crippen LogP contribution >= 0.6 is 11.8 Å². The second-order valence-corrected chi connectivity index (χ2v) is 14.7. The van der Waals surface area contributed by atoms with Gasteiger partial charge in [-0.05, 0) is 62.4 Å². The molecule has 3 amide bonds. The van der Waals surface area contributed by atoms with E-state index in [0.29, 0.717) is 43.9 Å². The highest BCUT2D eigenvalue weighted by molar-refractivity contribution is 8.02. The fourth-order valence-corrected chi connectivity index (χ4v) is 10.2. The Morgan fingerprint density at radius 2 is 1.70 bits per heavy atom. The van der Waals surface area contributed by atoms with Crippen LogP contribution in [-0.4, -0.2) is 81.5 Å². The number of aliphatic hydroxyl groups excluding tert-OH is 1. The van der Waals surface area contributed by atoms with Crippen LogP contribution in [0.5, 0.6) is 5.75 Å². The molecule has 8 nitrogen and oxygen atoms in total. The maximum absolute atomic E-state index is 14.9. The van der Waals surface area contributed by atoms with Gasteiger partial charge in [0.25, 0.3) is 5.91 Å². The molecule has 3 aliphatic heterocycles. The molecule has 5 rings (SSSR count). The molecule has 2 aromatic carbocycles. The molecule has 0 aromatic heterocycles. The van der Waals surface area contributed by atoms with Gasteiger partial charge in [0.2, 0.25) is 11.8 Å². The number of carbonyl (C=O) groups is 3. The van der Waals surface area contributed by atoms with E-state index >= 15 is 0 Å². The Morgan fingerprint density at radius 1 is 1.00 bits per heavy atom. The molecule has 3 saturated heterocycles. The standard InChI is InChI=1S/C37H47N3O5S/c1-5-22-38(26-27-14-10-9-11-15-27)33(42)30-31-34(43)40(24-12-7-8-13-25-41)32(37(31)21-20-36(30,3)46-37)35(44)39(23-6-2)28-16-18-29(45-4)19-17-28/h5-6,9-11,14-19,30-32,41H,1-2,7-8,12-13,20-26H2,3-4H3/t30-,31+,32?,36+,37?/m1/s1. The third-order valence-corrected chi connectivity index (χ3v) is 11.9. The van der Waals surface area contributed by atoms with Gasteiger partial charge in [-0.1, -0.05) is 55.3 Å². The van der Waals surface area contributed by atoms with Crippen molar-refractivity contribution in [2.45, 2.75) is 67.5 Å². The van der Waals surface area contributed by atoms with Crippen molar-refractivity contribution in [2.75, 3.05) is 38.3 Å². The van der Waals surface area contributed by atoms with Crippen LogP contribution in [0.25, 0.3) is 0 Å². The number of nitrogens with zero attached hydrogens (tertiary/aromatic N) is 3. The van der Waals surface area contributed by atoms with E-state index in [-0.39, 0.29) is 30.9 Å². The highest BCUT2D eigenvalue weighted by Gasteiger charge is 2.77. The number of unbranched alkanes of at least 4 members (excludes halogenated alkanes) is 3. The van der Waals surface area contributed by atoms with Crippen molar-refractivity contribution in [2.24, 2.45) is 11.8 Å². The minimum atomic E-state index is -0.715. The van der Waals surface area contributed by atoms with Gasteiger partial charge < -0.3 is 24.5 Å². The van der Waals surface area contributed by atoms with E-state index in [4.69, 9.17) is 4.74 Å². The first kappa shape index (κ1) is 33.8. The van der Waals surface area contributed by atoms with Gasteiger partial charge in [-0.25, -0.2) is 0 Å². The molecule has 3 heterocycles. The summed E-state index contributed by atoms with van der Waals surface area (Å²) in [5.74, 6) is -0.749. The number of fused-ring (bicyclic) bond motifs is 1. The largest absolute Gasteiger partial charge is 0.497 e. The van der Waals surface area contributed by atoms with Crippen LogP contribution in [0.3, 0.4) is 0 Å². The molecule has 3 fully saturated rings. The molecule has 5 atom stereocenters. The zero-order valence-electron chi connectivity index (χ0n) is 27.1. The summed E-state index contributed by atoms with van der Waals surface area (Å²) in [5.41, 5.74) is 1.72. The maximum Gasteiger partial charge on any atom is 0.251 e. The Bertz CT molecular complexity index is 1420. The molecule has 2 bridgehead atoms.